The highest BCUT2D eigenvalue weighted by molar-refractivity contribution is 4.67. The molecule has 0 unspecified atom stereocenters. The van der Waals surface area contributed by atoms with Crippen molar-refractivity contribution in [1.29, 1.82) is 0 Å². The van der Waals surface area contributed by atoms with Crippen LogP contribution >= 0.6 is 0 Å². The van der Waals surface area contributed by atoms with E-state index in [1.54, 1.807) is 13.8 Å². The fourth-order valence-corrected chi connectivity index (χ4v) is 0.451. The van der Waals surface area contributed by atoms with Gasteiger partial charge in [-0.05, 0) is 13.8 Å². The Morgan fingerprint density at radius 1 is 0.875 bits per heavy atom. The third kappa shape index (κ3) is 23.5. The molecule has 0 amide bonds. The molecule has 0 spiro atoms. The standard InChI is InChI=1S/C6H14O4.C4H11NO/c7-1-3-9-5-6-10-4-2-8;1-4(2,5)3-6/h7-8H,1-6H2;6H,3,5H2,1-2H3. The smallest absolute Gasteiger partial charge is 0.0701 e. The van der Waals surface area contributed by atoms with Crippen LogP contribution in [-0.4, -0.2) is 67.1 Å². The molecule has 0 heterocycles. The van der Waals surface area contributed by atoms with Gasteiger partial charge in [-0.25, -0.2) is 0 Å². The summed E-state index contributed by atoms with van der Waals surface area (Å²) < 4.78 is 9.75. The molecule has 0 saturated carbocycles. The van der Waals surface area contributed by atoms with E-state index in [2.05, 4.69) is 0 Å². The van der Waals surface area contributed by atoms with E-state index < -0.39 is 5.54 Å². The first kappa shape index (κ1) is 18.1. The quantitative estimate of drug-likeness (QED) is 0.393. The summed E-state index contributed by atoms with van der Waals surface area (Å²) in [4.78, 5) is 0. The lowest BCUT2D eigenvalue weighted by Gasteiger charge is -2.12. The van der Waals surface area contributed by atoms with Gasteiger partial charge in [-0.1, -0.05) is 0 Å². The highest BCUT2D eigenvalue weighted by Crippen LogP contribution is 1.90. The van der Waals surface area contributed by atoms with Gasteiger partial charge in [-0.15, -0.1) is 0 Å². The second kappa shape index (κ2) is 12.8. The number of hydrogen-bond acceptors (Lipinski definition) is 6. The monoisotopic (exact) mass is 239 g/mol. The van der Waals surface area contributed by atoms with Crippen molar-refractivity contribution >= 4 is 0 Å². The lowest BCUT2D eigenvalue weighted by molar-refractivity contribution is 0.0222. The summed E-state index contributed by atoms with van der Waals surface area (Å²) >= 11 is 0. The maximum Gasteiger partial charge on any atom is 0.0701 e. The predicted octanol–water partition coefficient (Wildman–Crippen LogP) is -1.28. The summed E-state index contributed by atoms with van der Waals surface area (Å²) in [5.74, 6) is 0. The van der Waals surface area contributed by atoms with E-state index in [9.17, 15) is 0 Å². The molecule has 5 N–H and O–H groups in total. The van der Waals surface area contributed by atoms with Gasteiger partial charge in [0.25, 0.3) is 0 Å². The van der Waals surface area contributed by atoms with Crippen LogP contribution in [0, 0.1) is 0 Å². The van der Waals surface area contributed by atoms with Crippen LogP contribution in [0.25, 0.3) is 0 Å². The third-order valence-electron chi connectivity index (χ3n) is 1.25. The molecule has 0 bridgehead atoms. The van der Waals surface area contributed by atoms with E-state index in [4.69, 9.17) is 30.5 Å². The van der Waals surface area contributed by atoms with Gasteiger partial charge >= 0.3 is 0 Å². The summed E-state index contributed by atoms with van der Waals surface area (Å²) in [6.45, 7) is 5.32. The Balaban J connectivity index is 0. The normalized spacial score (nSPS) is 10.9. The van der Waals surface area contributed by atoms with E-state index in [1.165, 1.54) is 0 Å². The van der Waals surface area contributed by atoms with Gasteiger partial charge in [0, 0.05) is 5.54 Å². The zero-order valence-electron chi connectivity index (χ0n) is 10.2. The van der Waals surface area contributed by atoms with Gasteiger partial charge in [0.15, 0.2) is 0 Å². The number of ether oxygens (including phenoxy) is 2. The Kier molecular flexibility index (Phi) is 14.5. The Morgan fingerprint density at radius 2 is 1.19 bits per heavy atom. The van der Waals surface area contributed by atoms with Crippen LogP contribution in [0.2, 0.25) is 0 Å². The minimum absolute atomic E-state index is 0.0417. The zero-order chi connectivity index (χ0) is 12.9. The first-order valence-corrected chi connectivity index (χ1v) is 5.25. The van der Waals surface area contributed by atoms with Gasteiger partial charge in [-0.3, -0.25) is 0 Å². The molecule has 0 radical (unpaired) electrons. The van der Waals surface area contributed by atoms with Gasteiger partial charge in [0.1, 0.15) is 0 Å². The zero-order valence-corrected chi connectivity index (χ0v) is 10.2. The molecule has 0 aliphatic carbocycles. The van der Waals surface area contributed by atoms with Gasteiger partial charge in [0.05, 0.1) is 46.2 Å². The average molecular weight is 239 g/mol. The molecule has 100 valence electrons. The molecular weight excluding hydrogens is 214 g/mol. The first-order valence-electron chi connectivity index (χ1n) is 5.25. The van der Waals surface area contributed by atoms with Crippen molar-refractivity contribution in [3.8, 4) is 0 Å². The molecule has 0 fully saturated rings. The van der Waals surface area contributed by atoms with Gasteiger partial charge in [0.2, 0.25) is 0 Å². The second-order valence-electron chi connectivity index (χ2n) is 3.82. The highest BCUT2D eigenvalue weighted by atomic mass is 16.5. The van der Waals surface area contributed by atoms with Crippen molar-refractivity contribution in [3.63, 3.8) is 0 Å². The maximum absolute atomic E-state index is 8.28. The maximum atomic E-state index is 8.28. The Hall–Kier alpha value is -0.240. The van der Waals surface area contributed by atoms with Crippen molar-refractivity contribution < 1.29 is 24.8 Å². The average Bonchev–Trinajstić information content (AvgIpc) is 2.23. The summed E-state index contributed by atoms with van der Waals surface area (Å²) in [6.07, 6.45) is 0. The molecular formula is C10H25NO5. The summed E-state index contributed by atoms with van der Waals surface area (Å²) in [6, 6.07) is 0. The summed E-state index contributed by atoms with van der Waals surface area (Å²) in [5, 5.41) is 24.8. The van der Waals surface area contributed by atoms with E-state index >= 15 is 0 Å². The van der Waals surface area contributed by atoms with Crippen molar-refractivity contribution in [3.05, 3.63) is 0 Å². The minimum atomic E-state index is -0.403. The number of aliphatic hydroxyl groups excluding tert-OH is 3. The van der Waals surface area contributed by atoms with Gasteiger partial charge < -0.3 is 30.5 Å². The van der Waals surface area contributed by atoms with E-state index in [0.717, 1.165) is 0 Å². The van der Waals surface area contributed by atoms with Crippen LogP contribution in [0.15, 0.2) is 0 Å². The third-order valence-corrected chi connectivity index (χ3v) is 1.25. The number of nitrogens with two attached hydrogens (primary N) is 1. The number of rotatable bonds is 8. The van der Waals surface area contributed by atoms with Gasteiger partial charge in [-0.2, -0.15) is 0 Å². The lowest BCUT2D eigenvalue weighted by atomic mass is 10.1. The minimum Gasteiger partial charge on any atom is -0.394 e. The van der Waals surface area contributed by atoms with Crippen LogP contribution in [0.3, 0.4) is 0 Å². The van der Waals surface area contributed by atoms with Crippen LogP contribution in [0.5, 0.6) is 0 Å². The van der Waals surface area contributed by atoms with E-state index in [1.807, 2.05) is 0 Å². The number of aliphatic hydroxyl groups is 3. The van der Waals surface area contributed by atoms with Crippen molar-refractivity contribution in [2.24, 2.45) is 5.73 Å². The molecule has 6 heteroatoms. The highest BCUT2D eigenvalue weighted by Gasteiger charge is 2.05. The summed E-state index contributed by atoms with van der Waals surface area (Å²) in [7, 11) is 0. The fourth-order valence-electron chi connectivity index (χ4n) is 0.451. The molecule has 0 rings (SSSR count). The predicted molar refractivity (Wildman–Crippen MR) is 61.2 cm³/mol. The van der Waals surface area contributed by atoms with E-state index in [-0.39, 0.29) is 19.8 Å². The second-order valence-corrected chi connectivity index (χ2v) is 3.82. The Labute approximate surface area is 97.0 Å². The molecule has 6 nitrogen and oxygen atoms in total. The Morgan fingerprint density at radius 3 is 1.38 bits per heavy atom. The number of hydrogen-bond donors (Lipinski definition) is 4. The molecule has 16 heavy (non-hydrogen) atoms. The van der Waals surface area contributed by atoms with Crippen molar-refractivity contribution in [2.45, 2.75) is 19.4 Å². The molecule has 0 aromatic carbocycles. The molecule has 0 aliphatic heterocycles. The fraction of sp³-hybridized carbons (Fsp3) is 1.00. The lowest BCUT2D eigenvalue weighted by Crippen LogP contribution is -2.35. The molecule has 0 saturated heterocycles. The SMILES string of the molecule is CC(C)(N)CO.OCCOCCOCCO. The van der Waals surface area contributed by atoms with Crippen molar-refractivity contribution in [1.82, 2.24) is 0 Å². The summed E-state index contributed by atoms with van der Waals surface area (Å²) in [5.41, 5.74) is 4.88. The topological polar surface area (TPSA) is 105 Å². The Bertz CT molecular complexity index is 119. The van der Waals surface area contributed by atoms with Crippen LogP contribution in [0.1, 0.15) is 13.8 Å². The molecule has 0 atom stereocenters. The van der Waals surface area contributed by atoms with Crippen LogP contribution in [0.4, 0.5) is 0 Å². The van der Waals surface area contributed by atoms with E-state index in [0.29, 0.717) is 26.4 Å². The van der Waals surface area contributed by atoms with Crippen molar-refractivity contribution in [2.75, 3.05) is 46.2 Å². The van der Waals surface area contributed by atoms with Crippen LogP contribution < -0.4 is 5.73 Å². The molecule has 0 aliphatic rings. The molecule has 0 aromatic rings. The van der Waals surface area contributed by atoms with Crippen LogP contribution in [-0.2, 0) is 9.47 Å². The molecule has 0 aromatic heterocycles. The first-order chi connectivity index (χ1) is 7.47. The largest absolute Gasteiger partial charge is 0.394 e.